The maximum atomic E-state index is 11.7. The molecule has 3 heteroatoms. The van der Waals surface area contributed by atoms with E-state index in [0.29, 0.717) is 13.2 Å². The zero-order valence-corrected chi connectivity index (χ0v) is 10.7. The quantitative estimate of drug-likeness (QED) is 0.746. The summed E-state index contributed by atoms with van der Waals surface area (Å²) in [5, 5.41) is 0. The average molecular weight is 245 g/mol. The lowest BCUT2D eigenvalue weighted by molar-refractivity contribution is 0.155. The van der Waals surface area contributed by atoms with Crippen molar-refractivity contribution in [3.8, 4) is 0 Å². The molecule has 0 bridgehead atoms. The predicted octanol–water partition coefficient (Wildman–Crippen LogP) is 2.87. The third kappa shape index (κ3) is 2.92. The number of rotatable bonds is 5. The number of hydrogen-bond donors (Lipinski definition) is 0. The summed E-state index contributed by atoms with van der Waals surface area (Å²) in [5.74, 6) is 0.286. The molecule has 1 amide bonds. The van der Waals surface area contributed by atoms with Crippen LogP contribution in [0.2, 0.25) is 0 Å². The van der Waals surface area contributed by atoms with Gasteiger partial charge in [-0.3, -0.25) is 0 Å². The van der Waals surface area contributed by atoms with E-state index in [1.165, 1.54) is 5.56 Å². The van der Waals surface area contributed by atoms with Gasteiger partial charge in [-0.25, -0.2) is 4.79 Å². The molecule has 0 unspecified atom stereocenters. The largest absolute Gasteiger partial charge is 0.447 e. The molecule has 1 saturated heterocycles. The van der Waals surface area contributed by atoms with E-state index in [4.69, 9.17) is 4.74 Å². The normalized spacial score (nSPS) is 20.6. The van der Waals surface area contributed by atoms with E-state index < -0.39 is 0 Å². The number of nitrogens with zero attached hydrogens (tertiary/aromatic N) is 1. The summed E-state index contributed by atoms with van der Waals surface area (Å²) in [7, 11) is 0. The van der Waals surface area contributed by atoms with Crippen molar-refractivity contribution in [3.05, 3.63) is 48.6 Å². The average Bonchev–Trinajstić information content (AvgIpc) is 2.72. The maximum absolute atomic E-state index is 11.7. The van der Waals surface area contributed by atoms with Crippen molar-refractivity contribution in [2.45, 2.75) is 19.4 Å². The topological polar surface area (TPSA) is 29.5 Å². The lowest BCUT2D eigenvalue weighted by Crippen LogP contribution is -2.37. The van der Waals surface area contributed by atoms with Crippen LogP contribution in [-0.2, 0) is 11.2 Å². The van der Waals surface area contributed by atoms with E-state index in [2.05, 4.69) is 25.6 Å². The second kappa shape index (κ2) is 5.71. The maximum Gasteiger partial charge on any atom is 0.410 e. The second-order valence-corrected chi connectivity index (χ2v) is 4.79. The monoisotopic (exact) mass is 245 g/mol. The molecule has 1 aromatic carbocycles. The van der Waals surface area contributed by atoms with Gasteiger partial charge in [0.2, 0.25) is 0 Å². The van der Waals surface area contributed by atoms with Crippen molar-refractivity contribution in [3.63, 3.8) is 0 Å². The van der Waals surface area contributed by atoms with Gasteiger partial charge in [-0.1, -0.05) is 43.3 Å². The summed E-state index contributed by atoms with van der Waals surface area (Å²) >= 11 is 0. The molecule has 1 aliphatic rings. The third-order valence-electron chi connectivity index (χ3n) is 3.28. The van der Waals surface area contributed by atoms with Crippen molar-refractivity contribution < 1.29 is 9.53 Å². The van der Waals surface area contributed by atoms with E-state index in [1.807, 2.05) is 29.2 Å². The molecule has 2 atom stereocenters. The first-order valence-corrected chi connectivity index (χ1v) is 6.30. The van der Waals surface area contributed by atoms with Crippen LogP contribution in [-0.4, -0.2) is 30.2 Å². The Morgan fingerprint density at radius 2 is 2.22 bits per heavy atom. The fourth-order valence-electron chi connectivity index (χ4n) is 2.15. The minimum Gasteiger partial charge on any atom is -0.447 e. The SMILES string of the molecule is C=C[C@@H](C)CN1C(=O)OC[C@H]1Cc1ccccc1. The highest BCUT2D eigenvalue weighted by Crippen LogP contribution is 2.18. The van der Waals surface area contributed by atoms with Gasteiger partial charge >= 0.3 is 6.09 Å². The molecule has 0 spiro atoms. The molecule has 3 nitrogen and oxygen atoms in total. The van der Waals surface area contributed by atoms with Crippen molar-refractivity contribution in [1.82, 2.24) is 4.90 Å². The molecular weight excluding hydrogens is 226 g/mol. The number of ether oxygens (including phenoxy) is 1. The third-order valence-corrected chi connectivity index (χ3v) is 3.28. The van der Waals surface area contributed by atoms with Gasteiger partial charge in [0, 0.05) is 6.54 Å². The Balaban J connectivity index is 2.02. The molecular formula is C15H19NO2. The summed E-state index contributed by atoms with van der Waals surface area (Å²) in [4.78, 5) is 13.5. The van der Waals surface area contributed by atoms with Gasteiger partial charge in [0.15, 0.2) is 0 Å². The first-order chi connectivity index (χ1) is 8.70. The first kappa shape index (κ1) is 12.7. The highest BCUT2D eigenvalue weighted by atomic mass is 16.6. The molecule has 1 heterocycles. The predicted molar refractivity (Wildman–Crippen MR) is 71.3 cm³/mol. The number of amides is 1. The zero-order valence-electron chi connectivity index (χ0n) is 10.7. The van der Waals surface area contributed by atoms with E-state index >= 15 is 0 Å². The van der Waals surface area contributed by atoms with Crippen LogP contribution in [0.5, 0.6) is 0 Å². The Bertz CT molecular complexity index is 416. The molecule has 1 aliphatic heterocycles. The summed E-state index contributed by atoms with van der Waals surface area (Å²) in [6.45, 7) is 6.98. The number of carbonyl (C=O) groups excluding carboxylic acids is 1. The summed E-state index contributed by atoms with van der Waals surface area (Å²) in [5.41, 5.74) is 1.23. The van der Waals surface area contributed by atoms with Gasteiger partial charge < -0.3 is 9.64 Å². The fraction of sp³-hybridized carbons (Fsp3) is 0.400. The smallest absolute Gasteiger partial charge is 0.410 e. The minimum atomic E-state index is -0.204. The Kier molecular flexibility index (Phi) is 4.03. The number of benzene rings is 1. The Hall–Kier alpha value is -1.77. The lowest BCUT2D eigenvalue weighted by Gasteiger charge is -2.23. The number of cyclic esters (lactones) is 1. The minimum absolute atomic E-state index is 0.141. The fourth-order valence-corrected chi connectivity index (χ4v) is 2.15. The van der Waals surface area contributed by atoms with Gasteiger partial charge in [-0.15, -0.1) is 6.58 Å². The zero-order chi connectivity index (χ0) is 13.0. The molecule has 96 valence electrons. The van der Waals surface area contributed by atoms with Gasteiger partial charge in [-0.05, 0) is 17.9 Å². The Morgan fingerprint density at radius 3 is 2.89 bits per heavy atom. The van der Waals surface area contributed by atoms with Crippen molar-refractivity contribution in [2.75, 3.05) is 13.2 Å². The van der Waals surface area contributed by atoms with Crippen LogP contribution in [0.3, 0.4) is 0 Å². The van der Waals surface area contributed by atoms with Crippen LogP contribution in [0.15, 0.2) is 43.0 Å². The van der Waals surface area contributed by atoms with Gasteiger partial charge in [-0.2, -0.15) is 0 Å². The molecule has 18 heavy (non-hydrogen) atoms. The Labute approximate surface area is 108 Å². The van der Waals surface area contributed by atoms with Crippen molar-refractivity contribution in [2.24, 2.45) is 5.92 Å². The molecule has 1 aromatic rings. The number of carbonyl (C=O) groups is 1. The number of hydrogen-bond acceptors (Lipinski definition) is 2. The highest BCUT2D eigenvalue weighted by molar-refractivity contribution is 5.70. The van der Waals surface area contributed by atoms with Crippen molar-refractivity contribution in [1.29, 1.82) is 0 Å². The molecule has 0 radical (unpaired) electrons. The van der Waals surface area contributed by atoms with Crippen molar-refractivity contribution >= 4 is 6.09 Å². The van der Waals surface area contributed by atoms with Crippen LogP contribution in [0.25, 0.3) is 0 Å². The standard InChI is InChI=1S/C15H19NO2/c1-3-12(2)10-16-14(11-18-15(16)17)9-13-7-5-4-6-8-13/h3-8,12,14H,1,9-11H2,2H3/t12-,14-/m1/s1. The van der Waals surface area contributed by atoms with Gasteiger partial charge in [0.1, 0.15) is 6.61 Å². The Morgan fingerprint density at radius 1 is 1.50 bits per heavy atom. The lowest BCUT2D eigenvalue weighted by atomic mass is 10.0. The van der Waals surface area contributed by atoms with E-state index in [1.54, 1.807) is 0 Å². The summed E-state index contributed by atoms with van der Waals surface area (Å²) in [6.07, 6.45) is 2.51. The van der Waals surface area contributed by atoms with E-state index in [-0.39, 0.29) is 18.1 Å². The van der Waals surface area contributed by atoms with Crippen LogP contribution in [0.4, 0.5) is 4.79 Å². The summed E-state index contributed by atoms with van der Waals surface area (Å²) < 4.78 is 5.15. The first-order valence-electron chi connectivity index (χ1n) is 6.30. The molecule has 0 N–H and O–H groups in total. The molecule has 2 rings (SSSR count). The highest BCUT2D eigenvalue weighted by Gasteiger charge is 2.33. The molecule has 0 aromatic heterocycles. The second-order valence-electron chi connectivity index (χ2n) is 4.79. The molecule has 1 fully saturated rings. The van der Waals surface area contributed by atoms with Gasteiger partial charge in [0.05, 0.1) is 6.04 Å². The molecule has 0 aliphatic carbocycles. The van der Waals surface area contributed by atoms with Crippen LogP contribution in [0.1, 0.15) is 12.5 Å². The van der Waals surface area contributed by atoms with Crippen LogP contribution in [0, 0.1) is 5.92 Å². The van der Waals surface area contributed by atoms with Gasteiger partial charge in [0.25, 0.3) is 0 Å². The van der Waals surface area contributed by atoms with Crippen LogP contribution < -0.4 is 0 Å². The van der Waals surface area contributed by atoms with E-state index in [0.717, 1.165) is 6.42 Å². The summed E-state index contributed by atoms with van der Waals surface area (Å²) in [6, 6.07) is 10.3. The van der Waals surface area contributed by atoms with E-state index in [9.17, 15) is 4.79 Å². The molecule has 0 saturated carbocycles. The van der Waals surface area contributed by atoms with Crippen LogP contribution >= 0.6 is 0 Å².